The van der Waals surface area contributed by atoms with Gasteiger partial charge in [-0.1, -0.05) is 41.5 Å². The third-order valence-electron chi connectivity index (χ3n) is 4.29. The Morgan fingerprint density at radius 1 is 0.773 bits per heavy atom. The summed E-state index contributed by atoms with van der Waals surface area (Å²) < 4.78 is 0. The topological polar surface area (TPSA) is 69.9 Å². The molecule has 0 saturated heterocycles. The molecule has 0 spiro atoms. The van der Waals surface area contributed by atoms with Gasteiger partial charge in [0.25, 0.3) is 0 Å². The van der Waals surface area contributed by atoms with Gasteiger partial charge in [-0.2, -0.15) is 0 Å². The second-order valence-electron chi connectivity index (χ2n) is 5.30. The maximum Gasteiger partial charge on any atom is 0.314 e. The van der Waals surface area contributed by atoms with Gasteiger partial charge in [-0.05, 0) is 39.0 Å². The predicted molar refractivity (Wildman–Crippen MR) is 90.0 cm³/mol. The minimum Gasteiger partial charge on any atom is -0.361 e. The second kappa shape index (κ2) is 10.6. The summed E-state index contributed by atoms with van der Waals surface area (Å²) in [4.78, 5) is 30.2. The Labute approximate surface area is 135 Å². The zero-order valence-electron chi connectivity index (χ0n) is 15.1. The highest BCUT2D eigenvalue weighted by molar-refractivity contribution is 6.34. The van der Waals surface area contributed by atoms with Gasteiger partial charge in [-0.15, -0.1) is 0 Å². The Balaban J connectivity index is 5.76. The van der Waals surface area contributed by atoms with Crippen LogP contribution >= 0.6 is 0 Å². The van der Waals surface area contributed by atoms with Gasteiger partial charge in [0.15, 0.2) is 0 Å². The van der Waals surface area contributed by atoms with E-state index in [0.717, 1.165) is 39.0 Å². The van der Waals surface area contributed by atoms with Gasteiger partial charge in [0.05, 0.1) is 12.3 Å². The summed E-state index contributed by atoms with van der Waals surface area (Å²) in [5, 5.41) is 0. The molecule has 0 heterocycles. The first-order valence-corrected chi connectivity index (χ1v) is 8.53. The first-order chi connectivity index (χ1) is 10.4. The average Bonchev–Trinajstić information content (AvgIpc) is 2.53. The lowest BCUT2D eigenvalue weighted by atomic mass is 10.2. The van der Waals surface area contributed by atoms with Crippen molar-refractivity contribution in [1.29, 1.82) is 0 Å². The molecular weight excluding hydrogens is 280 g/mol. The molecule has 0 aliphatic heterocycles. The van der Waals surface area contributed by atoms with E-state index in [1.807, 2.05) is 13.8 Å². The predicted octanol–water partition coefficient (Wildman–Crippen LogP) is 1.46. The number of hydrogen-bond acceptors (Lipinski definition) is 4. The van der Waals surface area contributed by atoms with Gasteiger partial charge in [0, 0.05) is 0 Å². The van der Waals surface area contributed by atoms with E-state index in [4.69, 9.17) is 5.73 Å². The van der Waals surface area contributed by atoms with Crippen LogP contribution in [0.3, 0.4) is 0 Å². The molecule has 0 aliphatic carbocycles. The van der Waals surface area contributed by atoms with E-state index in [0.29, 0.717) is 0 Å². The van der Waals surface area contributed by atoms with E-state index in [1.54, 1.807) is 4.90 Å². The van der Waals surface area contributed by atoms with Gasteiger partial charge in [0.2, 0.25) is 0 Å². The Kier molecular flexibility index (Phi) is 10.0. The van der Waals surface area contributed by atoms with Crippen molar-refractivity contribution < 1.29 is 9.59 Å². The van der Waals surface area contributed by atoms with Gasteiger partial charge in [-0.3, -0.25) is 19.4 Å². The summed E-state index contributed by atoms with van der Waals surface area (Å²) in [6, 6.07) is 0. The van der Waals surface area contributed by atoms with Crippen molar-refractivity contribution >= 4 is 11.8 Å². The van der Waals surface area contributed by atoms with Crippen molar-refractivity contribution in [3.05, 3.63) is 0 Å². The van der Waals surface area contributed by atoms with Crippen molar-refractivity contribution in [2.75, 3.05) is 26.2 Å². The van der Waals surface area contributed by atoms with Gasteiger partial charge >= 0.3 is 11.8 Å². The van der Waals surface area contributed by atoms with Gasteiger partial charge in [0.1, 0.15) is 0 Å². The minimum absolute atomic E-state index is 0.111. The molecule has 0 saturated carbocycles. The van der Waals surface area contributed by atoms with Crippen molar-refractivity contribution in [1.82, 2.24) is 14.7 Å². The highest BCUT2D eigenvalue weighted by atomic mass is 16.2. The summed E-state index contributed by atoms with van der Waals surface area (Å²) in [5.74, 6) is -1.46. The van der Waals surface area contributed by atoms with Crippen LogP contribution in [0.2, 0.25) is 0 Å². The lowest BCUT2D eigenvalue weighted by Crippen LogP contribution is -2.61. The summed E-state index contributed by atoms with van der Waals surface area (Å²) in [6.45, 7) is 15.7. The van der Waals surface area contributed by atoms with Crippen molar-refractivity contribution in [3.8, 4) is 0 Å². The molecule has 0 aromatic rings. The normalized spacial score (nSPS) is 14.2. The fraction of sp³-hybridized carbons (Fsp3) is 0.875. The molecule has 0 rings (SSSR count). The van der Waals surface area contributed by atoms with Crippen LogP contribution in [-0.2, 0) is 9.59 Å². The molecule has 2 N–H and O–H groups in total. The van der Waals surface area contributed by atoms with Crippen LogP contribution in [0.15, 0.2) is 0 Å². The molecule has 0 aromatic heterocycles. The fourth-order valence-electron chi connectivity index (χ4n) is 3.15. The Morgan fingerprint density at radius 3 is 1.27 bits per heavy atom. The molecule has 2 unspecified atom stereocenters. The zero-order chi connectivity index (χ0) is 17.3. The molecule has 130 valence electrons. The molecule has 0 fully saturated rings. The standard InChI is InChI=1S/C16H34N4O2/c1-7-13(18(9-3)10-4)20(16(22)15(17)21)14(8-2)19(11-5)12-6/h13-14H,7-12H2,1-6H3,(H2,17,21). The summed E-state index contributed by atoms with van der Waals surface area (Å²) >= 11 is 0. The number of primary amides is 1. The molecule has 2 atom stereocenters. The number of nitrogens with two attached hydrogens (primary N) is 1. The Morgan fingerprint density at radius 2 is 1.09 bits per heavy atom. The average molecular weight is 314 g/mol. The zero-order valence-corrected chi connectivity index (χ0v) is 15.1. The van der Waals surface area contributed by atoms with Gasteiger partial charge in [-0.25, -0.2) is 0 Å². The van der Waals surface area contributed by atoms with E-state index in [-0.39, 0.29) is 12.3 Å². The van der Waals surface area contributed by atoms with E-state index >= 15 is 0 Å². The maximum absolute atomic E-state index is 12.5. The SMILES string of the molecule is CCC(N(CC)CC)N(C(=O)C(N)=O)C(CC)N(CC)CC. The number of nitrogens with zero attached hydrogens (tertiary/aromatic N) is 3. The first-order valence-electron chi connectivity index (χ1n) is 8.53. The van der Waals surface area contributed by atoms with E-state index < -0.39 is 11.8 Å². The van der Waals surface area contributed by atoms with Crippen LogP contribution in [0.25, 0.3) is 0 Å². The molecule has 0 bridgehead atoms. The second-order valence-corrected chi connectivity index (χ2v) is 5.30. The van der Waals surface area contributed by atoms with Crippen LogP contribution in [-0.4, -0.2) is 65.0 Å². The molecule has 22 heavy (non-hydrogen) atoms. The molecule has 6 nitrogen and oxygen atoms in total. The fourth-order valence-corrected chi connectivity index (χ4v) is 3.15. The Bertz CT molecular complexity index is 321. The van der Waals surface area contributed by atoms with Crippen LogP contribution in [0, 0.1) is 0 Å². The minimum atomic E-state index is -0.879. The maximum atomic E-state index is 12.5. The highest BCUT2D eigenvalue weighted by Crippen LogP contribution is 2.19. The molecule has 2 amide bonds. The van der Waals surface area contributed by atoms with E-state index in [9.17, 15) is 9.59 Å². The van der Waals surface area contributed by atoms with Crippen molar-refractivity contribution in [3.63, 3.8) is 0 Å². The molecule has 6 heteroatoms. The lowest BCUT2D eigenvalue weighted by Gasteiger charge is -2.45. The summed E-state index contributed by atoms with van der Waals surface area (Å²) in [6.07, 6.45) is 1.30. The number of hydrogen-bond donors (Lipinski definition) is 1. The van der Waals surface area contributed by atoms with Crippen molar-refractivity contribution in [2.45, 2.75) is 66.7 Å². The molecular formula is C16H34N4O2. The Hall–Kier alpha value is -1.14. The smallest absolute Gasteiger partial charge is 0.314 e. The molecule has 0 radical (unpaired) electrons. The highest BCUT2D eigenvalue weighted by Gasteiger charge is 2.36. The summed E-state index contributed by atoms with van der Waals surface area (Å²) in [7, 11) is 0. The van der Waals surface area contributed by atoms with Gasteiger partial charge < -0.3 is 10.6 Å². The summed E-state index contributed by atoms with van der Waals surface area (Å²) in [5.41, 5.74) is 5.32. The monoisotopic (exact) mass is 314 g/mol. The van der Waals surface area contributed by atoms with E-state index in [2.05, 4.69) is 37.5 Å². The number of rotatable bonds is 10. The molecule has 0 aliphatic rings. The van der Waals surface area contributed by atoms with Crippen LogP contribution in [0.5, 0.6) is 0 Å². The number of carbonyl (C=O) groups is 2. The molecule has 0 aromatic carbocycles. The lowest BCUT2D eigenvalue weighted by molar-refractivity contribution is -0.156. The third kappa shape index (κ3) is 4.95. The van der Waals surface area contributed by atoms with Crippen LogP contribution < -0.4 is 5.73 Å². The number of carbonyl (C=O) groups excluding carboxylic acids is 2. The van der Waals surface area contributed by atoms with Crippen LogP contribution in [0.1, 0.15) is 54.4 Å². The first kappa shape index (κ1) is 20.9. The van der Waals surface area contributed by atoms with E-state index in [1.165, 1.54) is 0 Å². The quantitative estimate of drug-likeness (QED) is 0.489. The number of amides is 2. The van der Waals surface area contributed by atoms with Crippen molar-refractivity contribution in [2.24, 2.45) is 5.73 Å². The largest absolute Gasteiger partial charge is 0.361 e. The van der Waals surface area contributed by atoms with Crippen LogP contribution in [0.4, 0.5) is 0 Å². The third-order valence-corrected chi connectivity index (χ3v) is 4.29.